The predicted octanol–water partition coefficient (Wildman–Crippen LogP) is 4.50. The SMILES string of the molecule is Cc1cccc(C)c1OCc1ccc(C(=O)Nc2ccc3c(c2)OCCO3)o1. The van der Waals surface area contributed by atoms with Crippen LogP contribution in [0.4, 0.5) is 5.69 Å². The maximum atomic E-state index is 12.5. The van der Waals surface area contributed by atoms with Crippen LogP contribution < -0.4 is 19.5 Å². The number of hydrogen-bond acceptors (Lipinski definition) is 5. The first-order valence-corrected chi connectivity index (χ1v) is 9.09. The monoisotopic (exact) mass is 379 g/mol. The number of nitrogens with one attached hydrogen (secondary N) is 1. The highest BCUT2D eigenvalue weighted by molar-refractivity contribution is 6.02. The minimum Gasteiger partial charge on any atom is -0.486 e. The summed E-state index contributed by atoms with van der Waals surface area (Å²) in [7, 11) is 0. The third kappa shape index (κ3) is 3.81. The lowest BCUT2D eigenvalue weighted by Crippen LogP contribution is -2.16. The highest BCUT2D eigenvalue weighted by Gasteiger charge is 2.16. The largest absolute Gasteiger partial charge is 0.486 e. The zero-order chi connectivity index (χ0) is 19.5. The van der Waals surface area contributed by atoms with E-state index < -0.39 is 0 Å². The summed E-state index contributed by atoms with van der Waals surface area (Å²) in [6, 6.07) is 14.6. The molecule has 0 radical (unpaired) electrons. The van der Waals surface area contributed by atoms with Gasteiger partial charge in [-0.15, -0.1) is 0 Å². The van der Waals surface area contributed by atoms with Gasteiger partial charge in [0.25, 0.3) is 5.91 Å². The number of amides is 1. The van der Waals surface area contributed by atoms with Crippen molar-refractivity contribution in [3.63, 3.8) is 0 Å². The van der Waals surface area contributed by atoms with E-state index in [0.29, 0.717) is 36.2 Å². The van der Waals surface area contributed by atoms with E-state index in [9.17, 15) is 4.79 Å². The highest BCUT2D eigenvalue weighted by atomic mass is 16.6. The summed E-state index contributed by atoms with van der Waals surface area (Å²) in [4.78, 5) is 12.5. The standard InChI is InChI=1S/C22H21NO5/c1-14-4-3-5-15(2)21(14)27-13-17-7-9-19(28-17)22(24)23-16-6-8-18-20(12-16)26-11-10-25-18/h3-9,12H,10-11,13H2,1-2H3,(H,23,24). The first-order chi connectivity index (χ1) is 13.6. The molecule has 0 atom stereocenters. The van der Waals surface area contributed by atoms with Crippen LogP contribution in [0.3, 0.4) is 0 Å². The second kappa shape index (κ2) is 7.68. The molecule has 1 aliphatic heterocycles. The molecule has 1 N–H and O–H groups in total. The summed E-state index contributed by atoms with van der Waals surface area (Å²) < 4.78 is 22.5. The van der Waals surface area contributed by atoms with Gasteiger partial charge in [-0.2, -0.15) is 0 Å². The van der Waals surface area contributed by atoms with E-state index in [4.69, 9.17) is 18.6 Å². The van der Waals surface area contributed by atoms with Crippen molar-refractivity contribution >= 4 is 11.6 Å². The third-order valence-electron chi connectivity index (χ3n) is 4.45. The number of para-hydroxylation sites is 1. The van der Waals surface area contributed by atoms with Crippen LogP contribution in [-0.4, -0.2) is 19.1 Å². The third-order valence-corrected chi connectivity index (χ3v) is 4.45. The average Bonchev–Trinajstić information content (AvgIpc) is 3.17. The second-order valence-corrected chi connectivity index (χ2v) is 6.59. The number of hydrogen-bond donors (Lipinski definition) is 1. The van der Waals surface area contributed by atoms with Gasteiger partial charge in [0.05, 0.1) is 0 Å². The zero-order valence-electron chi connectivity index (χ0n) is 15.8. The molecule has 0 saturated carbocycles. The number of fused-ring (bicyclic) bond motifs is 1. The molecular weight excluding hydrogens is 358 g/mol. The lowest BCUT2D eigenvalue weighted by Gasteiger charge is -2.18. The van der Waals surface area contributed by atoms with Crippen molar-refractivity contribution in [2.75, 3.05) is 18.5 Å². The maximum Gasteiger partial charge on any atom is 0.291 e. The molecule has 3 aromatic rings. The van der Waals surface area contributed by atoms with Crippen molar-refractivity contribution in [3.05, 3.63) is 71.2 Å². The molecule has 0 fully saturated rings. The number of aryl methyl sites for hydroxylation is 2. The molecular formula is C22H21NO5. The van der Waals surface area contributed by atoms with E-state index in [1.807, 2.05) is 32.0 Å². The van der Waals surface area contributed by atoms with Gasteiger partial charge < -0.3 is 23.9 Å². The van der Waals surface area contributed by atoms with Gasteiger partial charge in [-0.25, -0.2) is 0 Å². The summed E-state index contributed by atoms with van der Waals surface area (Å²) >= 11 is 0. The molecule has 28 heavy (non-hydrogen) atoms. The minimum atomic E-state index is -0.338. The molecule has 1 aliphatic rings. The quantitative estimate of drug-likeness (QED) is 0.707. The lowest BCUT2D eigenvalue weighted by atomic mass is 10.1. The van der Waals surface area contributed by atoms with Gasteiger partial charge in [-0.05, 0) is 49.2 Å². The number of ether oxygens (including phenoxy) is 3. The fourth-order valence-corrected chi connectivity index (χ4v) is 3.06. The van der Waals surface area contributed by atoms with Crippen molar-refractivity contribution in [3.8, 4) is 17.2 Å². The summed E-state index contributed by atoms with van der Waals surface area (Å²) in [6.45, 7) is 5.26. The van der Waals surface area contributed by atoms with Gasteiger partial charge >= 0.3 is 0 Å². The van der Waals surface area contributed by atoms with E-state index in [1.165, 1.54) is 0 Å². The Morgan fingerprint density at radius 3 is 2.54 bits per heavy atom. The van der Waals surface area contributed by atoms with Gasteiger partial charge in [0.2, 0.25) is 0 Å². The van der Waals surface area contributed by atoms with Crippen LogP contribution in [0.2, 0.25) is 0 Å². The molecule has 0 bridgehead atoms. The van der Waals surface area contributed by atoms with E-state index in [2.05, 4.69) is 5.32 Å². The molecule has 1 aromatic heterocycles. The van der Waals surface area contributed by atoms with E-state index in [1.54, 1.807) is 30.3 Å². The Balaban J connectivity index is 1.40. The molecule has 6 heteroatoms. The van der Waals surface area contributed by atoms with Crippen LogP contribution in [0, 0.1) is 13.8 Å². The Bertz CT molecular complexity index is 988. The van der Waals surface area contributed by atoms with E-state index in [-0.39, 0.29) is 18.3 Å². The van der Waals surface area contributed by atoms with Crippen molar-refractivity contribution in [2.24, 2.45) is 0 Å². The molecule has 2 heterocycles. The molecule has 1 amide bonds. The predicted molar refractivity (Wildman–Crippen MR) is 104 cm³/mol. The number of rotatable bonds is 5. The Hall–Kier alpha value is -3.41. The van der Waals surface area contributed by atoms with Gasteiger partial charge in [0.15, 0.2) is 17.3 Å². The molecule has 0 unspecified atom stereocenters. The number of furan rings is 1. The molecule has 0 spiro atoms. The Morgan fingerprint density at radius 1 is 1.00 bits per heavy atom. The van der Waals surface area contributed by atoms with Gasteiger partial charge in [0, 0.05) is 11.8 Å². The normalized spacial score (nSPS) is 12.5. The zero-order valence-corrected chi connectivity index (χ0v) is 15.8. The summed E-state index contributed by atoms with van der Waals surface area (Å²) in [5.41, 5.74) is 2.73. The number of carbonyl (C=O) groups is 1. The molecule has 0 aliphatic carbocycles. The number of carbonyl (C=O) groups excluding carboxylic acids is 1. The minimum absolute atomic E-state index is 0.218. The van der Waals surface area contributed by atoms with Crippen LogP contribution in [0.25, 0.3) is 0 Å². The summed E-state index contributed by atoms with van der Waals surface area (Å²) in [5, 5.41) is 2.80. The van der Waals surface area contributed by atoms with Gasteiger partial charge in [-0.3, -0.25) is 4.79 Å². The summed E-state index contributed by atoms with van der Waals surface area (Å²) in [5.74, 6) is 2.58. The maximum absolute atomic E-state index is 12.5. The first kappa shape index (κ1) is 18.0. The lowest BCUT2D eigenvalue weighted by molar-refractivity contribution is 0.0992. The average molecular weight is 379 g/mol. The highest BCUT2D eigenvalue weighted by Crippen LogP contribution is 2.32. The smallest absolute Gasteiger partial charge is 0.291 e. The fraction of sp³-hybridized carbons (Fsp3) is 0.227. The first-order valence-electron chi connectivity index (χ1n) is 9.09. The van der Waals surface area contributed by atoms with E-state index in [0.717, 1.165) is 16.9 Å². The van der Waals surface area contributed by atoms with Crippen LogP contribution in [0.1, 0.15) is 27.4 Å². The van der Waals surface area contributed by atoms with Crippen molar-refractivity contribution in [1.29, 1.82) is 0 Å². The van der Waals surface area contributed by atoms with Gasteiger partial charge in [-0.1, -0.05) is 18.2 Å². The van der Waals surface area contributed by atoms with Crippen LogP contribution in [0.15, 0.2) is 52.9 Å². The molecule has 144 valence electrons. The Labute approximate surface area is 163 Å². The van der Waals surface area contributed by atoms with E-state index >= 15 is 0 Å². The summed E-state index contributed by atoms with van der Waals surface area (Å²) in [6.07, 6.45) is 0. The Kier molecular flexibility index (Phi) is 4.93. The topological polar surface area (TPSA) is 69.9 Å². The van der Waals surface area contributed by atoms with Gasteiger partial charge in [0.1, 0.15) is 31.3 Å². The van der Waals surface area contributed by atoms with Crippen LogP contribution in [-0.2, 0) is 6.61 Å². The Morgan fingerprint density at radius 2 is 1.75 bits per heavy atom. The number of anilines is 1. The molecule has 2 aromatic carbocycles. The number of benzene rings is 2. The molecule has 0 saturated heterocycles. The molecule has 4 rings (SSSR count). The van der Waals surface area contributed by atoms with Crippen molar-refractivity contribution < 1.29 is 23.4 Å². The second-order valence-electron chi connectivity index (χ2n) is 6.59. The van der Waals surface area contributed by atoms with Crippen LogP contribution in [0.5, 0.6) is 17.2 Å². The van der Waals surface area contributed by atoms with Crippen molar-refractivity contribution in [1.82, 2.24) is 0 Å². The van der Waals surface area contributed by atoms with Crippen LogP contribution >= 0.6 is 0 Å². The molecule has 6 nitrogen and oxygen atoms in total. The fourth-order valence-electron chi connectivity index (χ4n) is 3.06. The van der Waals surface area contributed by atoms with Crippen molar-refractivity contribution in [2.45, 2.75) is 20.5 Å².